The zero-order valence-electron chi connectivity index (χ0n) is 13.6. The average molecular weight is 371 g/mol. The third kappa shape index (κ3) is 6.89. The van der Waals surface area contributed by atoms with E-state index in [1.165, 1.54) is 13.5 Å². The molecule has 1 aliphatic rings. The Morgan fingerprint density at radius 2 is 1.54 bits per heavy atom. The number of carbonyl (C=O) groups is 1. The first-order valence-corrected chi connectivity index (χ1v) is 8.34. The van der Waals surface area contributed by atoms with Gasteiger partial charge in [-0.25, -0.2) is 4.79 Å². The van der Waals surface area contributed by atoms with Crippen LogP contribution in [0.1, 0.15) is 22.2 Å². The van der Waals surface area contributed by atoms with Gasteiger partial charge in [0, 0.05) is 17.0 Å². The largest absolute Gasteiger partial charge is 0.465 e. The van der Waals surface area contributed by atoms with Gasteiger partial charge in [-0.05, 0) is 24.3 Å². The number of esters is 1. The van der Waals surface area contributed by atoms with Crippen LogP contribution in [0, 0.1) is 0 Å². The molecule has 4 nitrogen and oxygen atoms in total. The molecule has 1 fully saturated rings. The Morgan fingerprint density at radius 1 is 1.00 bits per heavy atom. The zero-order chi connectivity index (χ0) is 17.8. The number of alkyl halides is 1. The van der Waals surface area contributed by atoms with E-state index in [9.17, 15) is 4.79 Å². The fraction of sp³-hybridized carbons (Fsp3) is 0.278. The van der Waals surface area contributed by atoms with Crippen molar-refractivity contribution in [3.63, 3.8) is 0 Å². The molecule has 2 aromatic rings. The Bertz CT molecular complexity index is 582. The van der Waals surface area contributed by atoms with Crippen LogP contribution in [0.3, 0.4) is 0 Å². The smallest absolute Gasteiger partial charge is 0.337 e. The molecule has 0 saturated carbocycles. The summed E-state index contributed by atoms with van der Waals surface area (Å²) in [5.74, 6) is -0.291. The third-order valence-corrected chi connectivity index (χ3v) is 3.21. The van der Waals surface area contributed by atoms with Crippen LogP contribution in [0.25, 0.3) is 0 Å². The van der Waals surface area contributed by atoms with Crippen molar-refractivity contribution in [2.75, 3.05) is 26.7 Å². The molecular weight excluding hydrogens is 351 g/mol. The maximum Gasteiger partial charge on any atom is 0.337 e. The molecule has 6 heteroatoms. The minimum atomic E-state index is -0.291. The standard InChI is InChI=1S/C9H9ClO2.C8H8O2.CH3Cl/c10-8-3-1-7(2-4-8)9-11-5-6-12-9;1-10-8(9)7-5-3-2-4-6-7;1-2/h1-4,9H,5-6H2;2-6H,1H3;1H3. The Morgan fingerprint density at radius 3 is 2.04 bits per heavy atom. The number of hydrogen-bond donors (Lipinski definition) is 0. The molecule has 24 heavy (non-hydrogen) atoms. The monoisotopic (exact) mass is 370 g/mol. The van der Waals surface area contributed by atoms with Crippen molar-refractivity contribution in [2.24, 2.45) is 0 Å². The van der Waals surface area contributed by atoms with Gasteiger partial charge in [0.25, 0.3) is 0 Å². The average Bonchev–Trinajstić information content (AvgIpc) is 3.19. The van der Waals surface area contributed by atoms with Crippen molar-refractivity contribution < 1.29 is 19.0 Å². The predicted molar refractivity (Wildman–Crippen MR) is 95.7 cm³/mol. The fourth-order valence-corrected chi connectivity index (χ4v) is 1.99. The molecule has 0 aromatic heterocycles. The predicted octanol–water partition coefficient (Wildman–Crippen LogP) is 4.71. The Balaban J connectivity index is 0.000000221. The molecule has 2 aromatic carbocycles. The van der Waals surface area contributed by atoms with Crippen LogP contribution in [-0.4, -0.2) is 32.7 Å². The summed E-state index contributed by atoms with van der Waals surface area (Å²) < 4.78 is 15.1. The van der Waals surface area contributed by atoms with Crippen LogP contribution in [0.4, 0.5) is 0 Å². The topological polar surface area (TPSA) is 44.8 Å². The molecule has 130 valence electrons. The number of halogens is 2. The van der Waals surface area contributed by atoms with Crippen LogP contribution in [-0.2, 0) is 14.2 Å². The van der Waals surface area contributed by atoms with E-state index in [1.807, 2.05) is 30.3 Å². The van der Waals surface area contributed by atoms with Crippen molar-refractivity contribution >= 4 is 29.2 Å². The second-order valence-corrected chi connectivity index (χ2v) is 4.92. The first-order valence-electron chi connectivity index (χ1n) is 7.20. The molecular formula is C18H20Cl2O4. The van der Waals surface area contributed by atoms with E-state index in [2.05, 4.69) is 16.3 Å². The highest BCUT2D eigenvalue weighted by atomic mass is 35.5. The van der Waals surface area contributed by atoms with Gasteiger partial charge in [-0.2, -0.15) is 0 Å². The molecule has 1 aliphatic heterocycles. The number of methoxy groups -OCH3 is 1. The first-order chi connectivity index (χ1) is 11.7. The molecule has 1 saturated heterocycles. The van der Waals surface area contributed by atoms with Gasteiger partial charge < -0.3 is 14.2 Å². The Hall–Kier alpha value is -1.59. The zero-order valence-corrected chi connectivity index (χ0v) is 15.1. The number of benzene rings is 2. The summed E-state index contributed by atoms with van der Waals surface area (Å²) in [6.07, 6.45) is 1.28. The van der Waals surface area contributed by atoms with Crippen molar-refractivity contribution in [1.29, 1.82) is 0 Å². The highest BCUT2D eigenvalue weighted by Gasteiger charge is 2.17. The highest BCUT2D eigenvalue weighted by molar-refractivity contribution is 6.30. The summed E-state index contributed by atoms with van der Waals surface area (Å²) in [4.78, 5) is 10.8. The molecule has 0 amide bonds. The van der Waals surface area contributed by atoms with Gasteiger partial charge in [0.1, 0.15) is 0 Å². The summed E-state index contributed by atoms with van der Waals surface area (Å²) in [6.45, 7) is 1.35. The van der Waals surface area contributed by atoms with E-state index in [0.29, 0.717) is 18.8 Å². The van der Waals surface area contributed by atoms with Crippen LogP contribution in [0.15, 0.2) is 54.6 Å². The van der Waals surface area contributed by atoms with Gasteiger partial charge in [0.15, 0.2) is 6.29 Å². The van der Waals surface area contributed by atoms with Crippen molar-refractivity contribution in [3.05, 3.63) is 70.7 Å². The summed E-state index contributed by atoms with van der Waals surface area (Å²) in [6, 6.07) is 16.4. The van der Waals surface area contributed by atoms with Gasteiger partial charge in [0.05, 0.1) is 25.9 Å². The lowest BCUT2D eigenvalue weighted by atomic mass is 10.2. The fourth-order valence-electron chi connectivity index (χ4n) is 1.86. The lowest BCUT2D eigenvalue weighted by Gasteiger charge is -2.08. The summed E-state index contributed by atoms with van der Waals surface area (Å²) in [5, 5.41) is 0.733. The highest BCUT2D eigenvalue weighted by Crippen LogP contribution is 2.24. The Kier molecular flexibility index (Phi) is 10.1. The van der Waals surface area contributed by atoms with E-state index >= 15 is 0 Å². The normalized spacial score (nSPS) is 13.2. The van der Waals surface area contributed by atoms with Crippen molar-refractivity contribution in [2.45, 2.75) is 6.29 Å². The molecule has 1 heterocycles. The molecule has 0 atom stereocenters. The minimum Gasteiger partial charge on any atom is -0.465 e. The molecule has 0 spiro atoms. The van der Waals surface area contributed by atoms with Crippen LogP contribution >= 0.6 is 23.2 Å². The van der Waals surface area contributed by atoms with Crippen LogP contribution < -0.4 is 0 Å². The molecule has 0 unspecified atom stereocenters. The van der Waals surface area contributed by atoms with Crippen LogP contribution in [0.2, 0.25) is 5.02 Å². The van der Waals surface area contributed by atoms with E-state index in [4.69, 9.17) is 21.1 Å². The van der Waals surface area contributed by atoms with Gasteiger partial charge in [0.2, 0.25) is 0 Å². The lowest BCUT2D eigenvalue weighted by molar-refractivity contribution is -0.0441. The molecule has 3 rings (SSSR count). The molecule has 0 N–H and O–H groups in total. The molecule has 0 bridgehead atoms. The lowest BCUT2D eigenvalue weighted by Crippen LogP contribution is -1.99. The van der Waals surface area contributed by atoms with Gasteiger partial charge in [-0.3, -0.25) is 0 Å². The number of rotatable bonds is 2. The number of hydrogen-bond acceptors (Lipinski definition) is 4. The van der Waals surface area contributed by atoms with E-state index in [0.717, 1.165) is 10.6 Å². The summed E-state index contributed by atoms with van der Waals surface area (Å²) in [5.41, 5.74) is 1.61. The third-order valence-electron chi connectivity index (χ3n) is 2.96. The SMILES string of the molecule is CCl.COC(=O)c1ccccc1.Clc1ccc(C2OCCO2)cc1. The second kappa shape index (κ2) is 11.9. The number of carbonyl (C=O) groups excluding carboxylic acids is 1. The van der Waals surface area contributed by atoms with Gasteiger partial charge in [-0.15, -0.1) is 11.6 Å². The second-order valence-electron chi connectivity index (χ2n) is 4.48. The van der Waals surface area contributed by atoms with Crippen LogP contribution in [0.5, 0.6) is 0 Å². The summed E-state index contributed by atoms with van der Waals surface area (Å²) in [7, 11) is 1.37. The first kappa shape index (κ1) is 20.5. The van der Waals surface area contributed by atoms with Crippen molar-refractivity contribution in [1.82, 2.24) is 0 Å². The minimum absolute atomic E-state index is 0.192. The van der Waals surface area contributed by atoms with E-state index in [-0.39, 0.29) is 12.3 Å². The van der Waals surface area contributed by atoms with Gasteiger partial charge in [-0.1, -0.05) is 41.9 Å². The Labute approximate surface area is 152 Å². The van der Waals surface area contributed by atoms with Gasteiger partial charge >= 0.3 is 5.97 Å². The summed E-state index contributed by atoms with van der Waals surface area (Å²) >= 11 is 10.4. The number of ether oxygens (including phenoxy) is 3. The molecule has 0 radical (unpaired) electrons. The van der Waals surface area contributed by atoms with E-state index < -0.39 is 0 Å². The van der Waals surface area contributed by atoms with E-state index in [1.54, 1.807) is 24.3 Å². The quantitative estimate of drug-likeness (QED) is 0.566. The molecule has 0 aliphatic carbocycles. The maximum absolute atomic E-state index is 10.8. The van der Waals surface area contributed by atoms with Crippen molar-refractivity contribution in [3.8, 4) is 0 Å². The maximum atomic E-state index is 10.8.